The number of carbonyl (C=O) groups excluding carboxylic acids is 1. The number of rotatable bonds is 6. The van der Waals surface area contributed by atoms with Gasteiger partial charge in [0.1, 0.15) is 5.82 Å². The SMILES string of the molecule is CCC(C)C(=O)Nc1cc(-c2cccc(Cl)c2)nn1CCO. The molecular weight excluding hydrogens is 302 g/mol. The molecule has 0 aliphatic heterocycles. The minimum absolute atomic E-state index is 0.0527. The molecule has 1 aromatic heterocycles. The summed E-state index contributed by atoms with van der Waals surface area (Å²) in [5, 5.41) is 17.1. The molecule has 1 heterocycles. The van der Waals surface area contributed by atoms with Crippen LogP contribution >= 0.6 is 11.6 Å². The van der Waals surface area contributed by atoms with Crippen molar-refractivity contribution in [1.29, 1.82) is 0 Å². The first-order valence-electron chi connectivity index (χ1n) is 7.30. The summed E-state index contributed by atoms with van der Waals surface area (Å²) in [6.45, 7) is 4.10. The Bertz CT molecular complexity index is 655. The van der Waals surface area contributed by atoms with Crippen molar-refractivity contribution in [3.8, 4) is 11.3 Å². The van der Waals surface area contributed by atoms with Crippen LogP contribution in [0.1, 0.15) is 20.3 Å². The van der Waals surface area contributed by atoms with Gasteiger partial charge < -0.3 is 10.4 Å². The molecule has 22 heavy (non-hydrogen) atoms. The average molecular weight is 322 g/mol. The molecule has 1 amide bonds. The first kappa shape index (κ1) is 16.5. The Morgan fingerprint density at radius 1 is 1.45 bits per heavy atom. The first-order valence-corrected chi connectivity index (χ1v) is 7.68. The molecule has 2 N–H and O–H groups in total. The van der Waals surface area contributed by atoms with Gasteiger partial charge in [-0.15, -0.1) is 0 Å². The van der Waals surface area contributed by atoms with Crippen molar-refractivity contribution in [1.82, 2.24) is 9.78 Å². The fourth-order valence-corrected chi connectivity index (χ4v) is 2.20. The molecule has 0 bridgehead atoms. The number of hydrogen-bond donors (Lipinski definition) is 2. The van der Waals surface area contributed by atoms with E-state index in [0.29, 0.717) is 23.1 Å². The Balaban J connectivity index is 2.31. The van der Waals surface area contributed by atoms with Crippen molar-refractivity contribution in [3.63, 3.8) is 0 Å². The number of halogens is 1. The van der Waals surface area contributed by atoms with E-state index in [4.69, 9.17) is 16.7 Å². The zero-order valence-electron chi connectivity index (χ0n) is 12.7. The number of anilines is 1. The molecular formula is C16H20ClN3O2. The van der Waals surface area contributed by atoms with Crippen LogP contribution in [-0.4, -0.2) is 27.4 Å². The maximum absolute atomic E-state index is 12.1. The molecule has 0 aliphatic carbocycles. The molecule has 0 radical (unpaired) electrons. The van der Waals surface area contributed by atoms with Crippen LogP contribution in [0.25, 0.3) is 11.3 Å². The third-order valence-corrected chi connectivity index (χ3v) is 3.76. The lowest BCUT2D eigenvalue weighted by Crippen LogP contribution is -2.22. The summed E-state index contributed by atoms with van der Waals surface area (Å²) in [6.07, 6.45) is 0.765. The summed E-state index contributed by atoms with van der Waals surface area (Å²) in [5.74, 6) is 0.445. The summed E-state index contributed by atoms with van der Waals surface area (Å²) in [4.78, 5) is 12.1. The Morgan fingerprint density at radius 3 is 2.86 bits per heavy atom. The molecule has 6 heteroatoms. The highest BCUT2D eigenvalue weighted by Crippen LogP contribution is 2.25. The lowest BCUT2D eigenvalue weighted by Gasteiger charge is -2.10. The van der Waals surface area contributed by atoms with Crippen molar-refractivity contribution in [2.75, 3.05) is 11.9 Å². The predicted molar refractivity (Wildman–Crippen MR) is 87.8 cm³/mol. The molecule has 0 saturated carbocycles. The highest BCUT2D eigenvalue weighted by atomic mass is 35.5. The molecule has 2 aromatic rings. The fourth-order valence-electron chi connectivity index (χ4n) is 2.01. The van der Waals surface area contributed by atoms with Crippen molar-refractivity contribution in [2.24, 2.45) is 5.92 Å². The van der Waals surface area contributed by atoms with Crippen LogP contribution in [-0.2, 0) is 11.3 Å². The molecule has 5 nitrogen and oxygen atoms in total. The van der Waals surface area contributed by atoms with E-state index < -0.39 is 0 Å². The van der Waals surface area contributed by atoms with Crippen molar-refractivity contribution < 1.29 is 9.90 Å². The lowest BCUT2D eigenvalue weighted by atomic mass is 10.1. The predicted octanol–water partition coefficient (Wildman–Crippen LogP) is 3.18. The van der Waals surface area contributed by atoms with Gasteiger partial charge in [0.25, 0.3) is 0 Å². The first-order chi connectivity index (χ1) is 10.5. The Morgan fingerprint density at radius 2 is 2.23 bits per heavy atom. The van der Waals surface area contributed by atoms with E-state index in [-0.39, 0.29) is 18.4 Å². The Hall–Kier alpha value is -1.85. The molecule has 0 fully saturated rings. The standard InChI is InChI=1S/C16H20ClN3O2/c1-3-11(2)16(22)18-15-10-14(19-20(15)7-8-21)12-5-4-6-13(17)9-12/h4-6,9-11,21H,3,7-8H2,1-2H3,(H,18,22). The Kier molecular flexibility index (Phi) is 5.57. The number of hydrogen-bond acceptors (Lipinski definition) is 3. The number of amides is 1. The maximum Gasteiger partial charge on any atom is 0.228 e. The van der Waals surface area contributed by atoms with E-state index >= 15 is 0 Å². The summed E-state index contributed by atoms with van der Waals surface area (Å²) >= 11 is 6.00. The van der Waals surface area contributed by atoms with Gasteiger partial charge in [0.15, 0.2) is 0 Å². The van der Waals surface area contributed by atoms with Crippen LogP contribution in [0, 0.1) is 5.92 Å². The number of carbonyl (C=O) groups is 1. The minimum atomic E-state index is -0.0768. The quantitative estimate of drug-likeness (QED) is 0.858. The highest BCUT2D eigenvalue weighted by Gasteiger charge is 2.15. The zero-order chi connectivity index (χ0) is 16.1. The van der Waals surface area contributed by atoms with Gasteiger partial charge in [-0.3, -0.25) is 4.79 Å². The number of aromatic nitrogens is 2. The van der Waals surface area contributed by atoms with E-state index in [1.54, 1.807) is 16.8 Å². The molecule has 1 unspecified atom stereocenters. The van der Waals surface area contributed by atoms with Gasteiger partial charge in [-0.05, 0) is 18.6 Å². The maximum atomic E-state index is 12.1. The minimum Gasteiger partial charge on any atom is -0.394 e. The van der Waals surface area contributed by atoms with Gasteiger partial charge in [-0.1, -0.05) is 37.6 Å². The number of aliphatic hydroxyl groups excluding tert-OH is 1. The second-order valence-corrected chi connectivity index (χ2v) is 5.61. The number of benzene rings is 1. The van der Waals surface area contributed by atoms with Crippen LogP contribution in [0.2, 0.25) is 5.02 Å². The number of nitrogens with one attached hydrogen (secondary N) is 1. The summed E-state index contributed by atoms with van der Waals surface area (Å²) in [6, 6.07) is 9.15. The van der Waals surface area contributed by atoms with Gasteiger partial charge in [-0.25, -0.2) is 4.68 Å². The van der Waals surface area contributed by atoms with Crippen molar-refractivity contribution >= 4 is 23.3 Å². The van der Waals surface area contributed by atoms with Crippen molar-refractivity contribution in [3.05, 3.63) is 35.4 Å². The van der Waals surface area contributed by atoms with Crippen LogP contribution < -0.4 is 5.32 Å². The van der Waals surface area contributed by atoms with E-state index in [0.717, 1.165) is 12.0 Å². The average Bonchev–Trinajstić information content (AvgIpc) is 2.89. The van der Waals surface area contributed by atoms with Crippen LogP contribution in [0.3, 0.4) is 0 Å². The van der Waals surface area contributed by atoms with E-state index in [1.165, 1.54) is 0 Å². The summed E-state index contributed by atoms with van der Waals surface area (Å²) in [5.41, 5.74) is 1.57. The van der Waals surface area contributed by atoms with Gasteiger partial charge in [0.2, 0.25) is 5.91 Å². The smallest absolute Gasteiger partial charge is 0.228 e. The molecule has 0 aliphatic rings. The van der Waals surface area contributed by atoms with Crippen molar-refractivity contribution in [2.45, 2.75) is 26.8 Å². The van der Waals surface area contributed by atoms with Gasteiger partial charge in [0, 0.05) is 22.6 Å². The van der Waals surface area contributed by atoms with Crippen LogP contribution in [0.5, 0.6) is 0 Å². The monoisotopic (exact) mass is 321 g/mol. The van der Waals surface area contributed by atoms with Gasteiger partial charge in [-0.2, -0.15) is 5.10 Å². The topological polar surface area (TPSA) is 67.2 Å². The van der Waals surface area contributed by atoms with E-state index in [9.17, 15) is 4.79 Å². The van der Waals surface area contributed by atoms with Crippen LogP contribution in [0.15, 0.2) is 30.3 Å². The second kappa shape index (κ2) is 7.42. The Labute approximate surface area is 134 Å². The molecule has 118 valence electrons. The van der Waals surface area contributed by atoms with Gasteiger partial charge >= 0.3 is 0 Å². The number of nitrogens with zero attached hydrogens (tertiary/aromatic N) is 2. The molecule has 1 atom stereocenters. The number of aliphatic hydroxyl groups is 1. The third-order valence-electron chi connectivity index (χ3n) is 3.52. The highest BCUT2D eigenvalue weighted by molar-refractivity contribution is 6.30. The summed E-state index contributed by atoms with van der Waals surface area (Å²) in [7, 11) is 0. The molecule has 2 rings (SSSR count). The zero-order valence-corrected chi connectivity index (χ0v) is 13.5. The van der Waals surface area contributed by atoms with Gasteiger partial charge in [0.05, 0.1) is 18.8 Å². The molecule has 1 aromatic carbocycles. The summed E-state index contributed by atoms with van der Waals surface area (Å²) < 4.78 is 1.59. The van der Waals surface area contributed by atoms with Crippen LogP contribution in [0.4, 0.5) is 5.82 Å². The normalized spacial score (nSPS) is 12.2. The van der Waals surface area contributed by atoms with E-state index in [1.807, 2.05) is 32.0 Å². The van der Waals surface area contributed by atoms with E-state index in [2.05, 4.69) is 10.4 Å². The molecule has 0 spiro atoms. The third kappa shape index (κ3) is 3.87. The largest absolute Gasteiger partial charge is 0.394 e. The molecule has 0 saturated heterocycles. The fraction of sp³-hybridized carbons (Fsp3) is 0.375. The second-order valence-electron chi connectivity index (χ2n) is 5.17. The lowest BCUT2D eigenvalue weighted by molar-refractivity contribution is -0.119.